The standard InChI is InChI=1S/C19H29ClN6O2S/c1-3-17(27)25-11-9-24(10-12-25)16-13-15(20)21-19(22-16)29-14-18(28)26-7-5-23(4-2)6-8-26/h13H,3-12,14H2,1-2H3. The first-order valence-electron chi connectivity index (χ1n) is 10.2. The lowest BCUT2D eigenvalue weighted by atomic mass is 10.3. The Kier molecular flexibility index (Phi) is 7.97. The summed E-state index contributed by atoms with van der Waals surface area (Å²) in [5.74, 6) is 1.35. The molecule has 2 aliphatic rings. The van der Waals surface area contributed by atoms with Crippen LogP contribution in [0.3, 0.4) is 0 Å². The SMILES string of the molecule is CCC(=O)N1CCN(c2cc(Cl)nc(SCC(=O)N3CCN(CC)CC3)n2)CC1. The number of anilines is 1. The molecule has 0 aromatic carbocycles. The number of amides is 2. The van der Waals surface area contributed by atoms with Crippen LogP contribution < -0.4 is 4.90 Å². The predicted molar refractivity (Wildman–Crippen MR) is 116 cm³/mol. The minimum absolute atomic E-state index is 0.113. The number of hydrogen-bond acceptors (Lipinski definition) is 7. The van der Waals surface area contributed by atoms with Crippen molar-refractivity contribution in [2.24, 2.45) is 0 Å². The Morgan fingerprint density at radius 1 is 0.966 bits per heavy atom. The summed E-state index contributed by atoms with van der Waals surface area (Å²) in [5.41, 5.74) is 0. The zero-order valence-electron chi connectivity index (χ0n) is 17.1. The van der Waals surface area contributed by atoms with Crippen LogP contribution in [0.4, 0.5) is 5.82 Å². The van der Waals surface area contributed by atoms with Gasteiger partial charge in [0.1, 0.15) is 11.0 Å². The Morgan fingerprint density at radius 2 is 1.59 bits per heavy atom. The van der Waals surface area contributed by atoms with Crippen molar-refractivity contribution in [1.29, 1.82) is 0 Å². The van der Waals surface area contributed by atoms with Crippen LogP contribution in [0.2, 0.25) is 5.15 Å². The van der Waals surface area contributed by atoms with Gasteiger partial charge in [0, 0.05) is 64.8 Å². The molecule has 0 bridgehead atoms. The molecule has 1 aromatic heterocycles. The average molecular weight is 441 g/mol. The van der Waals surface area contributed by atoms with E-state index < -0.39 is 0 Å². The number of nitrogens with zero attached hydrogens (tertiary/aromatic N) is 6. The fourth-order valence-corrected chi connectivity index (χ4v) is 4.54. The van der Waals surface area contributed by atoms with Crippen molar-refractivity contribution in [2.45, 2.75) is 25.4 Å². The van der Waals surface area contributed by atoms with E-state index in [2.05, 4.69) is 26.7 Å². The zero-order chi connectivity index (χ0) is 20.8. The summed E-state index contributed by atoms with van der Waals surface area (Å²) in [6.45, 7) is 11.2. The van der Waals surface area contributed by atoms with Gasteiger partial charge in [-0.25, -0.2) is 9.97 Å². The highest BCUT2D eigenvalue weighted by Crippen LogP contribution is 2.23. The number of likely N-dealkylation sites (N-methyl/N-ethyl adjacent to an activating group) is 1. The van der Waals surface area contributed by atoms with Crippen LogP contribution in [0, 0.1) is 0 Å². The van der Waals surface area contributed by atoms with E-state index in [1.165, 1.54) is 11.8 Å². The molecule has 2 aliphatic heterocycles. The molecule has 0 radical (unpaired) electrons. The van der Waals surface area contributed by atoms with Crippen LogP contribution in [0.15, 0.2) is 11.2 Å². The van der Waals surface area contributed by atoms with Crippen molar-refractivity contribution in [1.82, 2.24) is 24.7 Å². The van der Waals surface area contributed by atoms with Gasteiger partial charge >= 0.3 is 0 Å². The Morgan fingerprint density at radius 3 is 2.21 bits per heavy atom. The lowest BCUT2D eigenvalue weighted by Crippen LogP contribution is -2.49. The van der Waals surface area contributed by atoms with Crippen LogP contribution in [0.1, 0.15) is 20.3 Å². The number of rotatable bonds is 6. The van der Waals surface area contributed by atoms with E-state index in [1.807, 2.05) is 16.7 Å². The first kappa shape index (κ1) is 22.1. The summed E-state index contributed by atoms with van der Waals surface area (Å²) in [6.07, 6.45) is 0.529. The third-order valence-corrected chi connectivity index (χ3v) is 6.44. The zero-order valence-corrected chi connectivity index (χ0v) is 18.7. The van der Waals surface area contributed by atoms with Gasteiger partial charge in [-0.3, -0.25) is 9.59 Å². The maximum atomic E-state index is 12.5. The molecule has 29 heavy (non-hydrogen) atoms. The first-order chi connectivity index (χ1) is 14.0. The molecule has 3 rings (SSSR count). The summed E-state index contributed by atoms with van der Waals surface area (Å²) in [5, 5.41) is 0.883. The van der Waals surface area contributed by atoms with Gasteiger partial charge in [0.2, 0.25) is 11.8 Å². The van der Waals surface area contributed by atoms with Gasteiger partial charge in [-0.05, 0) is 6.54 Å². The number of halogens is 1. The predicted octanol–water partition coefficient (Wildman–Crippen LogP) is 1.44. The minimum Gasteiger partial charge on any atom is -0.353 e. The largest absolute Gasteiger partial charge is 0.353 e. The van der Waals surface area contributed by atoms with Crippen molar-refractivity contribution in [3.05, 3.63) is 11.2 Å². The lowest BCUT2D eigenvalue weighted by Gasteiger charge is -2.35. The summed E-state index contributed by atoms with van der Waals surface area (Å²) < 4.78 is 0. The molecule has 2 saturated heterocycles. The molecule has 0 unspecified atom stereocenters. The quantitative estimate of drug-likeness (QED) is 0.376. The third-order valence-electron chi connectivity index (χ3n) is 5.42. The number of piperazine rings is 2. The molecule has 8 nitrogen and oxygen atoms in total. The summed E-state index contributed by atoms with van der Waals surface area (Å²) in [7, 11) is 0. The summed E-state index contributed by atoms with van der Waals surface area (Å²) in [4.78, 5) is 41.5. The van der Waals surface area contributed by atoms with Crippen LogP contribution in [0.5, 0.6) is 0 Å². The van der Waals surface area contributed by atoms with E-state index in [-0.39, 0.29) is 11.8 Å². The minimum atomic E-state index is 0.113. The normalized spacial score (nSPS) is 18.2. The first-order valence-corrected chi connectivity index (χ1v) is 11.6. The molecule has 10 heteroatoms. The third kappa shape index (κ3) is 5.96. The fourth-order valence-electron chi connectivity index (χ4n) is 3.55. The number of carbonyl (C=O) groups is 2. The smallest absolute Gasteiger partial charge is 0.233 e. The summed E-state index contributed by atoms with van der Waals surface area (Å²) in [6, 6.07) is 1.74. The molecule has 2 amide bonds. The van der Waals surface area contributed by atoms with E-state index in [4.69, 9.17) is 11.6 Å². The van der Waals surface area contributed by atoms with E-state index in [1.54, 1.807) is 6.07 Å². The molecule has 1 aromatic rings. The van der Waals surface area contributed by atoms with Gasteiger partial charge in [0.25, 0.3) is 0 Å². The van der Waals surface area contributed by atoms with Gasteiger partial charge in [-0.2, -0.15) is 0 Å². The maximum Gasteiger partial charge on any atom is 0.233 e. The molecule has 0 spiro atoms. The second kappa shape index (κ2) is 10.4. The van der Waals surface area contributed by atoms with Gasteiger partial charge in [0.05, 0.1) is 5.75 Å². The van der Waals surface area contributed by atoms with Crippen molar-refractivity contribution < 1.29 is 9.59 Å². The van der Waals surface area contributed by atoms with Crippen LogP contribution in [-0.2, 0) is 9.59 Å². The van der Waals surface area contributed by atoms with Crippen molar-refractivity contribution in [2.75, 3.05) is 69.6 Å². The molecular formula is C19H29ClN6O2S. The van der Waals surface area contributed by atoms with Crippen LogP contribution >= 0.6 is 23.4 Å². The molecule has 0 atom stereocenters. The van der Waals surface area contributed by atoms with E-state index >= 15 is 0 Å². The fraction of sp³-hybridized carbons (Fsp3) is 0.684. The Labute approximate surface area is 181 Å². The van der Waals surface area contributed by atoms with Gasteiger partial charge in [0.15, 0.2) is 5.16 Å². The van der Waals surface area contributed by atoms with E-state index in [0.29, 0.717) is 48.7 Å². The highest BCUT2D eigenvalue weighted by Gasteiger charge is 2.23. The molecule has 0 aliphatic carbocycles. The van der Waals surface area contributed by atoms with Gasteiger partial charge < -0.3 is 19.6 Å². The van der Waals surface area contributed by atoms with Crippen molar-refractivity contribution in [3.63, 3.8) is 0 Å². The Balaban J connectivity index is 1.54. The number of aromatic nitrogens is 2. The topological polar surface area (TPSA) is 72.9 Å². The number of hydrogen-bond donors (Lipinski definition) is 0. The van der Waals surface area contributed by atoms with E-state index in [0.717, 1.165) is 38.5 Å². The average Bonchev–Trinajstić information content (AvgIpc) is 2.76. The number of thioether (sulfide) groups is 1. The maximum absolute atomic E-state index is 12.5. The van der Waals surface area contributed by atoms with Gasteiger partial charge in [-0.15, -0.1) is 0 Å². The Hall–Kier alpha value is -1.58. The number of carbonyl (C=O) groups excluding carboxylic acids is 2. The lowest BCUT2D eigenvalue weighted by molar-refractivity contribution is -0.131. The highest BCUT2D eigenvalue weighted by molar-refractivity contribution is 7.99. The van der Waals surface area contributed by atoms with Crippen LogP contribution in [0.25, 0.3) is 0 Å². The summed E-state index contributed by atoms with van der Waals surface area (Å²) >= 11 is 7.54. The van der Waals surface area contributed by atoms with Crippen LogP contribution in [-0.4, -0.2) is 101 Å². The molecule has 0 N–H and O–H groups in total. The second-order valence-corrected chi connectivity index (χ2v) is 8.49. The van der Waals surface area contributed by atoms with Crippen molar-refractivity contribution in [3.8, 4) is 0 Å². The highest BCUT2D eigenvalue weighted by atomic mass is 35.5. The molecule has 3 heterocycles. The van der Waals surface area contributed by atoms with E-state index in [9.17, 15) is 9.59 Å². The van der Waals surface area contributed by atoms with Gasteiger partial charge in [-0.1, -0.05) is 37.2 Å². The molecule has 0 saturated carbocycles. The molecule has 160 valence electrons. The second-order valence-electron chi connectivity index (χ2n) is 7.16. The van der Waals surface area contributed by atoms with Crippen molar-refractivity contribution >= 4 is 41.0 Å². The Bertz CT molecular complexity index is 721. The molecular weight excluding hydrogens is 412 g/mol. The molecule has 2 fully saturated rings. The monoisotopic (exact) mass is 440 g/mol.